The fourth-order valence-electron chi connectivity index (χ4n) is 2.37. The first-order valence-electron chi connectivity index (χ1n) is 7.03. The second kappa shape index (κ2) is 6.41. The molecule has 1 heterocycles. The van der Waals surface area contributed by atoms with Gasteiger partial charge in [-0.25, -0.2) is 4.79 Å². The maximum absolute atomic E-state index is 12.0. The summed E-state index contributed by atoms with van der Waals surface area (Å²) in [4.78, 5) is 23.1. The highest BCUT2D eigenvalue weighted by Gasteiger charge is 2.28. The first kappa shape index (κ1) is 15.5. The quantitative estimate of drug-likeness (QED) is 0.371. The molecule has 0 fully saturated rings. The van der Waals surface area contributed by atoms with Crippen LogP contribution >= 0.6 is 0 Å². The van der Waals surface area contributed by atoms with Crippen LogP contribution in [0.5, 0.6) is 11.5 Å². The number of hydrogen-bond donors (Lipinski definition) is 0. The number of methoxy groups -OCH3 is 1. The summed E-state index contributed by atoms with van der Waals surface area (Å²) in [6.07, 6.45) is 1.39. The molecule has 24 heavy (non-hydrogen) atoms. The van der Waals surface area contributed by atoms with Gasteiger partial charge in [-0.3, -0.25) is 10.1 Å². The number of rotatable bonds is 4. The highest BCUT2D eigenvalue weighted by atomic mass is 16.7. The third-order valence-corrected chi connectivity index (χ3v) is 3.49. The average Bonchev–Trinajstić information content (AvgIpc) is 3.06. The van der Waals surface area contributed by atoms with E-state index in [1.54, 1.807) is 24.3 Å². The van der Waals surface area contributed by atoms with Crippen LogP contribution in [0, 0.1) is 10.1 Å². The second-order valence-electron chi connectivity index (χ2n) is 4.94. The summed E-state index contributed by atoms with van der Waals surface area (Å²) in [5.41, 5.74) is 0.554. The summed E-state index contributed by atoms with van der Waals surface area (Å²) in [6.45, 7) is -0.00437. The van der Waals surface area contributed by atoms with Crippen molar-refractivity contribution in [3.8, 4) is 11.5 Å². The molecule has 0 aliphatic carbocycles. The van der Waals surface area contributed by atoms with Crippen molar-refractivity contribution in [2.75, 3.05) is 13.9 Å². The Kier molecular flexibility index (Phi) is 4.15. The van der Waals surface area contributed by atoms with Gasteiger partial charge in [0.2, 0.25) is 6.79 Å². The van der Waals surface area contributed by atoms with Gasteiger partial charge in [0, 0.05) is 6.08 Å². The fourth-order valence-corrected chi connectivity index (χ4v) is 2.37. The van der Waals surface area contributed by atoms with Gasteiger partial charge in [0.1, 0.15) is 0 Å². The zero-order valence-electron chi connectivity index (χ0n) is 12.7. The van der Waals surface area contributed by atoms with E-state index in [2.05, 4.69) is 0 Å². The summed E-state index contributed by atoms with van der Waals surface area (Å²) < 4.78 is 15.2. The molecule has 0 unspecified atom stereocenters. The second-order valence-corrected chi connectivity index (χ2v) is 4.94. The van der Waals surface area contributed by atoms with E-state index in [0.717, 1.165) is 0 Å². The lowest BCUT2D eigenvalue weighted by molar-refractivity contribution is -0.374. The first-order chi connectivity index (χ1) is 11.6. The summed E-state index contributed by atoms with van der Waals surface area (Å²) in [7, 11) is 1.21. The lowest BCUT2D eigenvalue weighted by atomic mass is 10.0. The van der Waals surface area contributed by atoms with Crippen LogP contribution in [0.25, 0.3) is 11.8 Å². The Morgan fingerprint density at radius 3 is 2.38 bits per heavy atom. The van der Waals surface area contributed by atoms with Crippen molar-refractivity contribution in [3.05, 3.63) is 69.3 Å². The Morgan fingerprint density at radius 1 is 1.17 bits per heavy atom. The number of nitro groups is 1. The summed E-state index contributed by atoms with van der Waals surface area (Å²) >= 11 is 0. The molecule has 0 saturated carbocycles. The lowest BCUT2D eigenvalue weighted by Crippen LogP contribution is -2.09. The van der Waals surface area contributed by atoms with Crippen molar-refractivity contribution in [1.82, 2.24) is 0 Å². The molecule has 2 aromatic rings. The molecule has 7 heteroatoms. The Morgan fingerprint density at radius 2 is 1.79 bits per heavy atom. The maximum atomic E-state index is 12.0. The number of esters is 1. The molecule has 3 rings (SSSR count). The molecular weight excluding hydrogens is 314 g/mol. The molecule has 0 N–H and O–H groups in total. The Bertz CT molecular complexity index is 828. The number of ether oxygens (including phenoxy) is 3. The largest absolute Gasteiger partial charge is 0.465 e. The molecule has 0 atom stereocenters. The molecular formula is C17H13NO6. The molecule has 2 aromatic carbocycles. The zero-order valence-corrected chi connectivity index (χ0v) is 12.7. The number of hydrogen-bond acceptors (Lipinski definition) is 6. The number of carbonyl (C=O) groups is 1. The summed E-state index contributed by atoms with van der Waals surface area (Å²) in [5, 5.41) is 11.6. The van der Waals surface area contributed by atoms with Crippen molar-refractivity contribution in [3.63, 3.8) is 0 Å². The summed E-state index contributed by atoms with van der Waals surface area (Å²) in [6, 6.07) is 11.6. The van der Waals surface area contributed by atoms with E-state index in [9.17, 15) is 14.9 Å². The van der Waals surface area contributed by atoms with Gasteiger partial charge in [-0.1, -0.05) is 30.3 Å². The van der Waals surface area contributed by atoms with Crippen LogP contribution in [0.2, 0.25) is 0 Å². The van der Waals surface area contributed by atoms with Crippen LogP contribution in [-0.4, -0.2) is 24.8 Å². The van der Waals surface area contributed by atoms with Crippen LogP contribution < -0.4 is 9.47 Å². The highest BCUT2D eigenvalue weighted by Crippen LogP contribution is 2.38. The predicted molar refractivity (Wildman–Crippen MR) is 85.2 cm³/mol. The molecule has 0 spiro atoms. The van der Waals surface area contributed by atoms with E-state index in [0.29, 0.717) is 17.1 Å². The topological polar surface area (TPSA) is 87.9 Å². The van der Waals surface area contributed by atoms with Crippen molar-refractivity contribution >= 4 is 17.7 Å². The molecule has 0 bridgehead atoms. The molecule has 1 aliphatic rings. The number of nitrogens with zero attached hydrogens (tertiary/aromatic N) is 1. The van der Waals surface area contributed by atoms with Crippen LogP contribution in [0.1, 0.15) is 21.5 Å². The van der Waals surface area contributed by atoms with Gasteiger partial charge in [-0.2, -0.15) is 0 Å². The zero-order chi connectivity index (χ0) is 17.1. The van der Waals surface area contributed by atoms with E-state index in [-0.39, 0.29) is 23.6 Å². The van der Waals surface area contributed by atoms with Crippen molar-refractivity contribution in [2.24, 2.45) is 0 Å². The number of carbonyl (C=O) groups excluding carboxylic acids is 1. The smallest absolute Gasteiger partial charge is 0.338 e. The van der Waals surface area contributed by atoms with Gasteiger partial charge < -0.3 is 14.2 Å². The lowest BCUT2D eigenvalue weighted by Gasteiger charge is -2.08. The molecule has 7 nitrogen and oxygen atoms in total. The Hall–Kier alpha value is -3.35. The minimum absolute atomic E-state index is 0.00437. The summed E-state index contributed by atoms with van der Waals surface area (Å²) in [5.74, 6) is 0.00383. The van der Waals surface area contributed by atoms with Gasteiger partial charge in [0.15, 0.2) is 11.5 Å². The fraction of sp³-hybridized carbons (Fsp3) is 0.118. The van der Waals surface area contributed by atoms with E-state index in [1.807, 2.05) is 6.07 Å². The highest BCUT2D eigenvalue weighted by molar-refractivity contribution is 5.97. The first-order valence-corrected chi connectivity index (χ1v) is 7.03. The molecule has 1 aliphatic heterocycles. The normalized spacial score (nSPS) is 12.8. The van der Waals surface area contributed by atoms with E-state index >= 15 is 0 Å². The predicted octanol–water partition coefficient (Wildman–Crippen LogP) is 2.98. The number of benzene rings is 2. The van der Waals surface area contributed by atoms with Gasteiger partial charge in [-0.15, -0.1) is 0 Å². The molecule has 122 valence electrons. The molecule has 0 saturated heterocycles. The molecule has 0 radical (unpaired) electrons. The van der Waals surface area contributed by atoms with E-state index in [4.69, 9.17) is 14.2 Å². The standard InChI is InChI=1S/C17H13NO6/c1-22-17(19)13-9-16-15(23-10-24-16)8-12(13)14(18(20)21)7-11-5-3-2-4-6-11/h2-9H,10H2,1H3/b14-7-. The van der Waals surface area contributed by atoms with Crippen molar-refractivity contribution in [1.29, 1.82) is 0 Å². The van der Waals surface area contributed by atoms with Crippen LogP contribution in [0.15, 0.2) is 42.5 Å². The Labute approximate surface area is 137 Å². The van der Waals surface area contributed by atoms with Gasteiger partial charge in [0.25, 0.3) is 5.70 Å². The minimum Gasteiger partial charge on any atom is -0.465 e. The number of fused-ring (bicyclic) bond motifs is 1. The monoisotopic (exact) mass is 327 g/mol. The van der Waals surface area contributed by atoms with E-state index < -0.39 is 10.9 Å². The van der Waals surface area contributed by atoms with Gasteiger partial charge in [-0.05, 0) is 17.7 Å². The van der Waals surface area contributed by atoms with Crippen LogP contribution in [0.4, 0.5) is 0 Å². The minimum atomic E-state index is -0.691. The van der Waals surface area contributed by atoms with E-state index in [1.165, 1.54) is 25.3 Å². The van der Waals surface area contributed by atoms with Crippen LogP contribution in [0.3, 0.4) is 0 Å². The molecule has 0 amide bonds. The maximum Gasteiger partial charge on any atom is 0.338 e. The Balaban J connectivity index is 2.19. The van der Waals surface area contributed by atoms with Crippen LogP contribution in [-0.2, 0) is 4.74 Å². The average molecular weight is 327 g/mol. The third kappa shape index (κ3) is 2.91. The van der Waals surface area contributed by atoms with Gasteiger partial charge in [0.05, 0.1) is 23.2 Å². The third-order valence-electron chi connectivity index (χ3n) is 3.49. The van der Waals surface area contributed by atoms with Gasteiger partial charge >= 0.3 is 5.97 Å². The molecule has 0 aromatic heterocycles. The van der Waals surface area contributed by atoms with Crippen molar-refractivity contribution in [2.45, 2.75) is 0 Å². The SMILES string of the molecule is COC(=O)c1cc2c(cc1/C(=C/c1ccccc1)[N+](=O)[O-])OCO2. The van der Waals surface area contributed by atoms with Crippen molar-refractivity contribution < 1.29 is 23.9 Å².